The van der Waals surface area contributed by atoms with Crippen LogP contribution in [0.1, 0.15) is 11.3 Å². The fourth-order valence-electron chi connectivity index (χ4n) is 3.04. The molecule has 4 aromatic rings. The third kappa shape index (κ3) is 3.58. The molecular formula is C20H15N3O2S3. The maximum atomic E-state index is 12.4. The quantitative estimate of drug-likeness (QED) is 0.482. The first kappa shape index (κ1) is 17.5. The normalized spacial score (nSPS) is 12.6. The van der Waals surface area contributed by atoms with Gasteiger partial charge >= 0.3 is 0 Å². The number of carbonyl (C=O) groups excluding carboxylic acids is 1. The molecule has 140 valence electrons. The van der Waals surface area contributed by atoms with Crippen LogP contribution in [0.15, 0.2) is 46.5 Å². The van der Waals surface area contributed by atoms with Crippen molar-refractivity contribution in [1.29, 1.82) is 0 Å². The number of rotatable bonds is 5. The van der Waals surface area contributed by atoms with E-state index >= 15 is 0 Å². The van der Waals surface area contributed by atoms with E-state index in [2.05, 4.69) is 21.4 Å². The monoisotopic (exact) mass is 425 g/mol. The van der Waals surface area contributed by atoms with Crippen molar-refractivity contribution in [2.45, 2.75) is 12.8 Å². The van der Waals surface area contributed by atoms with Crippen LogP contribution in [-0.4, -0.2) is 22.5 Å². The summed E-state index contributed by atoms with van der Waals surface area (Å²) in [6.45, 7) is 0.738. The zero-order valence-corrected chi connectivity index (χ0v) is 17.1. The molecule has 0 saturated carbocycles. The highest BCUT2D eigenvalue weighted by Gasteiger charge is 2.15. The van der Waals surface area contributed by atoms with Gasteiger partial charge in [-0.1, -0.05) is 6.07 Å². The van der Waals surface area contributed by atoms with Gasteiger partial charge in [-0.05, 0) is 35.2 Å². The van der Waals surface area contributed by atoms with E-state index in [0.29, 0.717) is 5.13 Å². The number of nitrogens with one attached hydrogen (secondary N) is 1. The first-order valence-corrected chi connectivity index (χ1v) is 11.4. The first-order valence-electron chi connectivity index (χ1n) is 8.74. The number of thiophene rings is 1. The minimum absolute atomic E-state index is 0.105. The van der Waals surface area contributed by atoms with E-state index in [1.54, 1.807) is 22.7 Å². The molecule has 0 bridgehead atoms. The van der Waals surface area contributed by atoms with Gasteiger partial charge in [-0.2, -0.15) is 0 Å². The summed E-state index contributed by atoms with van der Waals surface area (Å²) in [6, 6.07) is 10.1. The third-order valence-corrected chi connectivity index (χ3v) is 7.05. The molecular weight excluding hydrogens is 410 g/mol. The highest BCUT2D eigenvalue weighted by Crippen LogP contribution is 2.32. The number of carbonyl (C=O) groups is 1. The van der Waals surface area contributed by atoms with Gasteiger partial charge in [-0.15, -0.1) is 34.0 Å². The van der Waals surface area contributed by atoms with E-state index in [0.717, 1.165) is 45.6 Å². The molecule has 0 fully saturated rings. The summed E-state index contributed by atoms with van der Waals surface area (Å²) in [5.41, 5.74) is 3.90. The second-order valence-corrected chi connectivity index (χ2v) is 8.97. The van der Waals surface area contributed by atoms with Crippen molar-refractivity contribution < 1.29 is 9.53 Å². The topological polar surface area (TPSA) is 64.1 Å². The van der Waals surface area contributed by atoms with Crippen LogP contribution in [0.3, 0.4) is 0 Å². The zero-order chi connectivity index (χ0) is 18.9. The van der Waals surface area contributed by atoms with Crippen molar-refractivity contribution in [1.82, 2.24) is 9.97 Å². The molecule has 28 heavy (non-hydrogen) atoms. The Morgan fingerprint density at radius 1 is 1.14 bits per heavy atom. The van der Waals surface area contributed by atoms with Crippen molar-refractivity contribution in [3.8, 4) is 26.9 Å². The lowest BCUT2D eigenvalue weighted by atomic mass is 10.1. The predicted molar refractivity (Wildman–Crippen MR) is 115 cm³/mol. The molecule has 1 amide bonds. The van der Waals surface area contributed by atoms with E-state index in [1.165, 1.54) is 16.9 Å². The SMILES string of the molecule is O=C(Cc1csc(-c2cccs2)n1)Nc1nc(-c2ccc3c(c2)CCO3)cs1. The number of benzene rings is 1. The van der Waals surface area contributed by atoms with E-state index in [1.807, 2.05) is 40.4 Å². The molecule has 5 rings (SSSR count). The van der Waals surface area contributed by atoms with E-state index in [9.17, 15) is 4.79 Å². The van der Waals surface area contributed by atoms with Gasteiger partial charge in [-0.3, -0.25) is 4.79 Å². The fraction of sp³-hybridized carbons (Fsp3) is 0.150. The molecule has 0 aliphatic carbocycles. The lowest BCUT2D eigenvalue weighted by molar-refractivity contribution is -0.115. The Labute approximate surface area is 173 Å². The number of amides is 1. The van der Waals surface area contributed by atoms with Crippen molar-refractivity contribution in [3.63, 3.8) is 0 Å². The van der Waals surface area contributed by atoms with Gasteiger partial charge in [0.15, 0.2) is 5.13 Å². The number of ether oxygens (including phenoxy) is 1. The lowest BCUT2D eigenvalue weighted by Gasteiger charge is -2.02. The van der Waals surface area contributed by atoms with Gasteiger partial charge in [-0.25, -0.2) is 9.97 Å². The molecule has 8 heteroatoms. The van der Waals surface area contributed by atoms with Crippen molar-refractivity contribution in [2.24, 2.45) is 0 Å². The van der Waals surface area contributed by atoms with Crippen LogP contribution >= 0.6 is 34.0 Å². The van der Waals surface area contributed by atoms with Crippen molar-refractivity contribution in [3.05, 3.63) is 57.7 Å². The molecule has 3 aromatic heterocycles. The molecule has 0 radical (unpaired) electrons. The minimum atomic E-state index is -0.105. The molecule has 5 nitrogen and oxygen atoms in total. The van der Waals surface area contributed by atoms with Gasteiger partial charge in [0.25, 0.3) is 0 Å². The predicted octanol–water partition coefficient (Wildman–Crippen LogP) is 5.11. The summed E-state index contributed by atoms with van der Waals surface area (Å²) < 4.78 is 5.55. The number of thiazole rings is 2. The van der Waals surface area contributed by atoms with Gasteiger partial charge in [0.2, 0.25) is 5.91 Å². The molecule has 0 spiro atoms. The van der Waals surface area contributed by atoms with Crippen LogP contribution in [0, 0.1) is 0 Å². The van der Waals surface area contributed by atoms with Crippen LogP contribution in [0.2, 0.25) is 0 Å². The molecule has 1 N–H and O–H groups in total. The van der Waals surface area contributed by atoms with Gasteiger partial charge in [0.05, 0.1) is 29.3 Å². The van der Waals surface area contributed by atoms with Gasteiger partial charge < -0.3 is 10.1 Å². The van der Waals surface area contributed by atoms with E-state index < -0.39 is 0 Å². The molecule has 0 atom stereocenters. The Hall–Kier alpha value is -2.55. The number of anilines is 1. The maximum Gasteiger partial charge on any atom is 0.232 e. The highest BCUT2D eigenvalue weighted by atomic mass is 32.1. The molecule has 4 heterocycles. The molecule has 0 unspecified atom stereocenters. The Morgan fingerprint density at radius 2 is 2.11 bits per heavy atom. The maximum absolute atomic E-state index is 12.4. The Kier molecular flexibility index (Phi) is 4.67. The summed E-state index contributed by atoms with van der Waals surface area (Å²) in [6.07, 6.45) is 1.17. The van der Waals surface area contributed by atoms with Crippen LogP contribution in [0.5, 0.6) is 5.75 Å². The average molecular weight is 426 g/mol. The van der Waals surface area contributed by atoms with Crippen LogP contribution in [0.25, 0.3) is 21.1 Å². The van der Waals surface area contributed by atoms with Crippen molar-refractivity contribution >= 4 is 45.0 Å². The Morgan fingerprint density at radius 3 is 3.00 bits per heavy atom. The summed E-state index contributed by atoms with van der Waals surface area (Å²) in [4.78, 5) is 22.6. The first-order chi connectivity index (χ1) is 13.7. The third-order valence-electron chi connectivity index (χ3n) is 4.36. The summed E-state index contributed by atoms with van der Waals surface area (Å²) in [7, 11) is 0. The molecule has 1 aromatic carbocycles. The molecule has 1 aliphatic rings. The van der Waals surface area contributed by atoms with Gasteiger partial charge in [0, 0.05) is 22.7 Å². The summed E-state index contributed by atoms with van der Waals surface area (Å²) in [5.74, 6) is 0.851. The Balaban J connectivity index is 1.25. The van der Waals surface area contributed by atoms with E-state index in [-0.39, 0.29) is 12.3 Å². The minimum Gasteiger partial charge on any atom is -0.493 e. The number of hydrogen-bond donors (Lipinski definition) is 1. The second kappa shape index (κ2) is 7.46. The van der Waals surface area contributed by atoms with Crippen LogP contribution < -0.4 is 10.1 Å². The molecule has 0 saturated heterocycles. The largest absolute Gasteiger partial charge is 0.493 e. The highest BCUT2D eigenvalue weighted by molar-refractivity contribution is 7.20. The molecule has 1 aliphatic heterocycles. The van der Waals surface area contributed by atoms with Crippen LogP contribution in [-0.2, 0) is 17.6 Å². The van der Waals surface area contributed by atoms with Crippen LogP contribution in [0.4, 0.5) is 5.13 Å². The van der Waals surface area contributed by atoms with Crippen molar-refractivity contribution in [2.75, 3.05) is 11.9 Å². The summed E-state index contributed by atoms with van der Waals surface area (Å²) in [5, 5.41) is 10.4. The average Bonchev–Trinajstić information content (AvgIpc) is 3.47. The zero-order valence-electron chi connectivity index (χ0n) is 14.7. The lowest BCUT2D eigenvalue weighted by Crippen LogP contribution is -2.14. The summed E-state index contributed by atoms with van der Waals surface area (Å²) >= 11 is 4.64. The standard InChI is InChI=1S/C20H15N3O2S3/c24-18(9-14-10-27-19(21-14)17-2-1-7-26-17)23-20-22-15(11-28-20)12-3-4-16-13(8-12)5-6-25-16/h1-4,7-8,10-11H,5-6,9H2,(H,22,23,24). The van der Waals surface area contributed by atoms with E-state index in [4.69, 9.17) is 4.74 Å². The Bertz CT molecular complexity index is 1130. The number of nitrogens with zero attached hydrogens (tertiary/aromatic N) is 2. The smallest absolute Gasteiger partial charge is 0.232 e. The number of aromatic nitrogens is 2. The second-order valence-electron chi connectivity index (χ2n) is 6.31. The number of fused-ring (bicyclic) bond motifs is 1. The fourth-order valence-corrected chi connectivity index (χ4v) is 5.41. The van der Waals surface area contributed by atoms with Gasteiger partial charge in [0.1, 0.15) is 10.8 Å². The number of hydrogen-bond acceptors (Lipinski definition) is 7.